The van der Waals surface area contributed by atoms with Gasteiger partial charge in [-0.05, 0) is 0 Å². The summed E-state index contributed by atoms with van der Waals surface area (Å²) in [5.74, 6) is 0. The van der Waals surface area contributed by atoms with Gasteiger partial charge in [-0.2, -0.15) is 5.38 Å². The highest BCUT2D eigenvalue weighted by Gasteiger charge is 2.07. The highest BCUT2D eigenvalue weighted by molar-refractivity contribution is 6.82. The highest BCUT2D eigenvalue weighted by atomic mass is 28.3. The Hall–Kier alpha value is -0.243. The van der Waals surface area contributed by atoms with Gasteiger partial charge in [-0.1, -0.05) is 19.6 Å². The van der Waals surface area contributed by atoms with Crippen LogP contribution in [0.15, 0.2) is 12.0 Å². The molecule has 0 bridgehead atoms. The Balaban J connectivity index is 3.79. The quantitative estimate of drug-likeness (QED) is 0.365. The van der Waals surface area contributed by atoms with E-state index in [1.165, 1.54) is 0 Å². The molecule has 0 N–H and O–H groups in total. The van der Waals surface area contributed by atoms with Crippen LogP contribution in [0, 0.1) is 0 Å². The van der Waals surface area contributed by atoms with E-state index >= 15 is 0 Å². The summed E-state index contributed by atoms with van der Waals surface area (Å²) < 4.78 is 0. The van der Waals surface area contributed by atoms with E-state index < -0.39 is 8.07 Å². The largest absolute Gasteiger partial charge is 0.879 e. The summed E-state index contributed by atoms with van der Waals surface area (Å²) in [4.78, 5) is 0. The Morgan fingerprint density at radius 3 is 1.57 bits per heavy atom. The van der Waals surface area contributed by atoms with Gasteiger partial charge in [-0.15, -0.1) is 6.58 Å². The van der Waals surface area contributed by atoms with Crippen LogP contribution in [0.4, 0.5) is 0 Å². The van der Waals surface area contributed by atoms with E-state index in [9.17, 15) is 5.11 Å². The molecule has 0 radical (unpaired) electrons. The molecule has 0 saturated heterocycles. The third-order valence-electron chi connectivity index (χ3n) is 0.837. The van der Waals surface area contributed by atoms with Gasteiger partial charge in [-0.25, -0.2) is 0 Å². The third kappa shape index (κ3) is 2.45. The molecule has 0 atom stereocenters. The van der Waals surface area contributed by atoms with Gasteiger partial charge in [0.15, 0.2) is 0 Å². The molecule has 0 aliphatic carbocycles. The molecule has 0 aromatic rings. The lowest BCUT2D eigenvalue weighted by Gasteiger charge is -2.23. The minimum absolute atomic E-state index is 0.132. The molecule has 0 aliphatic rings. The molecule has 0 amide bonds. The van der Waals surface area contributed by atoms with Crippen LogP contribution in [0.3, 0.4) is 0 Å². The Morgan fingerprint density at radius 1 is 1.43 bits per heavy atom. The molecule has 0 aromatic heterocycles. The average molecular weight is 115 g/mol. The van der Waals surface area contributed by atoms with Crippen molar-refractivity contribution in [2.24, 2.45) is 0 Å². The molecule has 0 saturated carbocycles. The maximum absolute atomic E-state index is 10.4. The van der Waals surface area contributed by atoms with Crippen LogP contribution in [0.1, 0.15) is 0 Å². The van der Waals surface area contributed by atoms with Crippen molar-refractivity contribution in [3.05, 3.63) is 12.0 Å². The molecule has 0 spiro atoms. The van der Waals surface area contributed by atoms with E-state index in [0.29, 0.717) is 0 Å². The SMILES string of the molecule is C=C([O-])[Si](C)(C)C. The summed E-state index contributed by atoms with van der Waals surface area (Å²) in [6, 6.07) is 0. The summed E-state index contributed by atoms with van der Waals surface area (Å²) in [6.45, 7) is 9.30. The third-order valence-corrected chi connectivity index (χ3v) is 2.51. The van der Waals surface area contributed by atoms with E-state index in [-0.39, 0.29) is 5.38 Å². The molecule has 0 heterocycles. The van der Waals surface area contributed by atoms with Gasteiger partial charge in [0.05, 0.1) is 8.07 Å². The predicted octanol–water partition coefficient (Wildman–Crippen LogP) is 0.738. The first-order valence-electron chi connectivity index (χ1n) is 2.31. The summed E-state index contributed by atoms with van der Waals surface area (Å²) in [5, 5.41) is 10.5. The van der Waals surface area contributed by atoms with E-state index in [2.05, 4.69) is 6.58 Å². The maximum atomic E-state index is 10.4. The Bertz CT molecular complexity index is 80.6. The lowest BCUT2D eigenvalue weighted by Crippen LogP contribution is -2.30. The van der Waals surface area contributed by atoms with Gasteiger partial charge in [0.25, 0.3) is 0 Å². The smallest absolute Gasteiger partial charge is 0.0595 e. The fraction of sp³-hybridized carbons (Fsp3) is 0.600. The zero-order valence-corrected chi connectivity index (χ0v) is 6.12. The second kappa shape index (κ2) is 1.70. The van der Waals surface area contributed by atoms with E-state index in [4.69, 9.17) is 0 Å². The second-order valence-corrected chi connectivity index (χ2v) is 7.73. The van der Waals surface area contributed by atoms with Crippen molar-refractivity contribution in [1.29, 1.82) is 0 Å². The average Bonchev–Trinajstić information content (AvgIpc) is 1.31. The van der Waals surface area contributed by atoms with Crippen LogP contribution in [0.5, 0.6) is 0 Å². The van der Waals surface area contributed by atoms with Crippen molar-refractivity contribution in [3.63, 3.8) is 0 Å². The Labute approximate surface area is 45.7 Å². The van der Waals surface area contributed by atoms with Crippen molar-refractivity contribution < 1.29 is 5.11 Å². The molecule has 42 valence electrons. The molecule has 0 rings (SSSR count). The topological polar surface area (TPSA) is 23.1 Å². The van der Waals surface area contributed by atoms with Crippen molar-refractivity contribution in [3.8, 4) is 0 Å². The first kappa shape index (κ1) is 6.76. The lowest BCUT2D eigenvalue weighted by atomic mass is 11.2. The van der Waals surface area contributed by atoms with Crippen molar-refractivity contribution in [2.75, 3.05) is 0 Å². The molecule has 7 heavy (non-hydrogen) atoms. The predicted molar refractivity (Wildman–Crippen MR) is 32.5 cm³/mol. The van der Waals surface area contributed by atoms with Crippen molar-refractivity contribution in [2.45, 2.75) is 19.6 Å². The molecular weight excluding hydrogens is 104 g/mol. The monoisotopic (exact) mass is 115 g/mol. The Morgan fingerprint density at radius 2 is 1.57 bits per heavy atom. The number of rotatable bonds is 1. The van der Waals surface area contributed by atoms with E-state index in [1.807, 2.05) is 19.6 Å². The highest BCUT2D eigenvalue weighted by Crippen LogP contribution is 2.04. The zero-order valence-electron chi connectivity index (χ0n) is 5.12. The van der Waals surface area contributed by atoms with Crippen LogP contribution in [-0.4, -0.2) is 8.07 Å². The summed E-state index contributed by atoms with van der Waals surface area (Å²) in [5.41, 5.74) is 0. The number of hydrogen-bond acceptors (Lipinski definition) is 1. The van der Waals surface area contributed by atoms with Crippen LogP contribution in [-0.2, 0) is 0 Å². The van der Waals surface area contributed by atoms with E-state index in [0.717, 1.165) is 0 Å². The summed E-state index contributed by atoms with van der Waals surface area (Å²) in [6.07, 6.45) is 0. The summed E-state index contributed by atoms with van der Waals surface area (Å²) >= 11 is 0. The minimum atomic E-state index is -1.48. The first-order chi connectivity index (χ1) is 2.94. The number of hydrogen-bond donors (Lipinski definition) is 0. The standard InChI is InChI=1S/C5H12OSi/c1-5(6)7(2,3)4/h6H,1H2,2-4H3/p-1. The maximum Gasteiger partial charge on any atom is 0.0595 e. The van der Waals surface area contributed by atoms with Crippen molar-refractivity contribution in [1.82, 2.24) is 0 Å². The van der Waals surface area contributed by atoms with Gasteiger partial charge in [-0.3, -0.25) is 0 Å². The van der Waals surface area contributed by atoms with Crippen LogP contribution >= 0.6 is 0 Å². The normalized spacial score (nSPS) is 11.3. The lowest BCUT2D eigenvalue weighted by molar-refractivity contribution is -0.288. The molecule has 0 fully saturated rings. The molecule has 1 nitrogen and oxygen atoms in total. The van der Waals surface area contributed by atoms with Crippen molar-refractivity contribution >= 4 is 8.07 Å². The first-order valence-corrected chi connectivity index (χ1v) is 5.81. The molecule has 0 aliphatic heterocycles. The molecule has 0 unspecified atom stereocenters. The Kier molecular flexibility index (Phi) is 1.64. The van der Waals surface area contributed by atoms with Gasteiger partial charge >= 0.3 is 0 Å². The fourth-order valence-electron chi connectivity index (χ4n) is 0. The molecule has 2 heteroatoms. The van der Waals surface area contributed by atoms with Crippen LogP contribution < -0.4 is 5.11 Å². The van der Waals surface area contributed by atoms with Crippen LogP contribution in [0.25, 0.3) is 0 Å². The zero-order chi connectivity index (χ0) is 6.08. The summed E-state index contributed by atoms with van der Waals surface area (Å²) in [7, 11) is -1.48. The van der Waals surface area contributed by atoms with Gasteiger partial charge in [0.2, 0.25) is 0 Å². The van der Waals surface area contributed by atoms with Gasteiger partial charge in [0.1, 0.15) is 0 Å². The van der Waals surface area contributed by atoms with Gasteiger partial charge < -0.3 is 5.11 Å². The fourth-order valence-corrected chi connectivity index (χ4v) is 0. The second-order valence-electron chi connectivity index (χ2n) is 2.67. The van der Waals surface area contributed by atoms with Gasteiger partial charge in [0, 0.05) is 0 Å². The molecule has 0 aromatic carbocycles. The van der Waals surface area contributed by atoms with E-state index in [1.54, 1.807) is 0 Å². The minimum Gasteiger partial charge on any atom is -0.879 e. The molecular formula is C5H11OSi-. The van der Waals surface area contributed by atoms with Crippen LogP contribution in [0.2, 0.25) is 19.6 Å².